The normalized spacial score (nSPS) is 11.7. The van der Waals surface area contributed by atoms with Crippen LogP contribution in [0.15, 0.2) is 64.4 Å². The summed E-state index contributed by atoms with van der Waals surface area (Å²) in [6.45, 7) is 0.625. The second-order valence-corrected chi connectivity index (χ2v) is 10.7. The van der Waals surface area contributed by atoms with Gasteiger partial charge in [-0.2, -0.15) is 0 Å². The number of benzene rings is 2. The first-order chi connectivity index (χ1) is 18.9. The van der Waals surface area contributed by atoms with Crippen molar-refractivity contribution in [3.63, 3.8) is 0 Å². The van der Waals surface area contributed by atoms with E-state index >= 15 is 0 Å². The Bertz CT molecular complexity index is 1480. The molecule has 0 aliphatic carbocycles. The minimum Gasteiger partial charge on any atom is -0.868 e. The van der Waals surface area contributed by atoms with E-state index in [0.29, 0.717) is 58.6 Å². The van der Waals surface area contributed by atoms with Crippen molar-refractivity contribution in [2.45, 2.75) is 17.9 Å². The van der Waals surface area contributed by atoms with Crippen molar-refractivity contribution in [3.8, 4) is 34.5 Å². The molecule has 2 aromatic carbocycles. The monoisotopic (exact) mass is 552 g/mol. The van der Waals surface area contributed by atoms with Crippen molar-refractivity contribution in [2.24, 2.45) is 0 Å². The van der Waals surface area contributed by atoms with Gasteiger partial charge in [0.05, 0.1) is 41.6 Å². The molecular weight excluding hydrogens is 520 g/mol. The Balaban J connectivity index is 1.56. The Morgan fingerprint density at radius 2 is 1.62 bits per heavy atom. The van der Waals surface area contributed by atoms with Gasteiger partial charge in [0.2, 0.25) is 10.6 Å². The van der Waals surface area contributed by atoms with Crippen LogP contribution in [-0.4, -0.2) is 56.6 Å². The predicted octanol–water partition coefficient (Wildman–Crippen LogP) is 3.63. The number of methoxy groups -OCH3 is 4. The van der Waals surface area contributed by atoms with Crippen LogP contribution in [-0.2, 0) is 17.4 Å². The molecule has 0 radical (unpaired) electrons. The first-order valence-corrected chi connectivity index (χ1v) is 14.1. The van der Waals surface area contributed by atoms with Crippen LogP contribution >= 0.6 is 0 Å². The molecule has 1 atom stereocenters. The fraction of sp³-hybridized carbons (Fsp3) is 0.310. The topological polar surface area (TPSA) is 104 Å². The van der Waals surface area contributed by atoms with Gasteiger partial charge >= 0.3 is 5.56 Å². The maximum atomic E-state index is 13.7. The highest BCUT2D eigenvalue weighted by molar-refractivity contribution is 7.96. The molecule has 0 saturated carbocycles. The standard InChI is InChI=1S/C29H32N2O7S/c1-34-22-12-7-6-10-19(22)18-31-28-21(11-8-13-30-28)25(32)27(29(31)33)39(5)15-9-14-38-20-16-23(35-2)26(37-4)24(17-20)36-3/h6-8,10-13,16-17H,9,14-15,18H2,1-5H3. The summed E-state index contributed by atoms with van der Waals surface area (Å²) in [4.78, 5) is 18.4. The lowest BCUT2D eigenvalue weighted by atomic mass is 10.2. The smallest absolute Gasteiger partial charge is 0.307 e. The molecule has 0 N–H and O–H groups in total. The number of ether oxygens (including phenoxy) is 5. The molecular formula is C29H32N2O7S. The fourth-order valence-electron chi connectivity index (χ4n) is 4.39. The van der Waals surface area contributed by atoms with Gasteiger partial charge < -0.3 is 28.8 Å². The second-order valence-electron chi connectivity index (χ2n) is 8.64. The molecule has 0 spiro atoms. The summed E-state index contributed by atoms with van der Waals surface area (Å²) in [5.41, 5.74) is 0.867. The second kappa shape index (κ2) is 12.7. The Labute approximate surface area is 230 Å². The molecule has 4 aromatic rings. The van der Waals surface area contributed by atoms with Gasteiger partial charge in [-0.05, 0) is 17.9 Å². The Morgan fingerprint density at radius 1 is 0.923 bits per heavy atom. The van der Waals surface area contributed by atoms with E-state index in [1.165, 1.54) is 0 Å². The number of rotatable bonds is 12. The first-order valence-electron chi connectivity index (χ1n) is 12.3. The number of aromatic nitrogens is 2. The maximum Gasteiger partial charge on any atom is 0.307 e. The lowest BCUT2D eigenvalue weighted by molar-refractivity contribution is -0.270. The van der Waals surface area contributed by atoms with Gasteiger partial charge in [0.1, 0.15) is 29.2 Å². The van der Waals surface area contributed by atoms with E-state index in [1.807, 2.05) is 30.5 Å². The van der Waals surface area contributed by atoms with Gasteiger partial charge in [-0.1, -0.05) is 24.3 Å². The average Bonchev–Trinajstić information content (AvgIpc) is 2.97. The van der Waals surface area contributed by atoms with Crippen LogP contribution in [0.25, 0.3) is 11.0 Å². The molecule has 206 valence electrons. The van der Waals surface area contributed by atoms with Gasteiger partial charge in [0.25, 0.3) is 0 Å². The van der Waals surface area contributed by atoms with Gasteiger partial charge in [-0.15, -0.1) is 0 Å². The summed E-state index contributed by atoms with van der Waals surface area (Å²) in [5, 5.41) is 13.9. The van der Waals surface area contributed by atoms with E-state index in [-0.39, 0.29) is 22.7 Å². The van der Waals surface area contributed by atoms with Crippen molar-refractivity contribution in [1.82, 2.24) is 9.55 Å². The van der Waals surface area contributed by atoms with E-state index in [0.717, 1.165) is 5.56 Å². The third-order valence-electron chi connectivity index (χ3n) is 6.30. The third-order valence-corrected chi connectivity index (χ3v) is 8.26. The van der Waals surface area contributed by atoms with Gasteiger partial charge in [0.15, 0.2) is 11.5 Å². The lowest BCUT2D eigenvalue weighted by Gasteiger charge is -2.19. The molecule has 2 heterocycles. The SMILES string of the molecule is COc1ccccc1Cn1c(=O)c([S+](C)CCCOc2cc(OC)c(OC)c(OC)c2)c([O-])c2cccnc21. The molecule has 0 amide bonds. The molecule has 9 nitrogen and oxygen atoms in total. The molecule has 10 heteroatoms. The molecule has 4 rings (SSSR count). The molecule has 0 saturated heterocycles. The van der Waals surface area contributed by atoms with Crippen LogP contribution in [0.1, 0.15) is 12.0 Å². The predicted molar refractivity (Wildman–Crippen MR) is 150 cm³/mol. The van der Waals surface area contributed by atoms with Crippen molar-refractivity contribution < 1.29 is 28.8 Å². The summed E-state index contributed by atoms with van der Waals surface area (Å²) in [6, 6.07) is 14.4. The number of para-hydroxylation sites is 1. The van der Waals surface area contributed by atoms with E-state index < -0.39 is 10.9 Å². The van der Waals surface area contributed by atoms with Crippen molar-refractivity contribution in [2.75, 3.05) is 47.1 Å². The quantitative estimate of drug-likeness (QED) is 0.194. The van der Waals surface area contributed by atoms with E-state index in [9.17, 15) is 9.90 Å². The highest BCUT2D eigenvalue weighted by Crippen LogP contribution is 2.40. The van der Waals surface area contributed by atoms with E-state index in [4.69, 9.17) is 23.7 Å². The maximum absolute atomic E-state index is 13.7. The van der Waals surface area contributed by atoms with Crippen molar-refractivity contribution in [1.29, 1.82) is 0 Å². The van der Waals surface area contributed by atoms with Crippen LogP contribution in [0.3, 0.4) is 0 Å². The third kappa shape index (κ3) is 5.85. The summed E-state index contributed by atoms with van der Waals surface area (Å²) in [7, 11) is 5.61. The van der Waals surface area contributed by atoms with Crippen LogP contribution in [0.5, 0.6) is 34.5 Å². The highest BCUT2D eigenvalue weighted by Gasteiger charge is 2.25. The van der Waals surface area contributed by atoms with Crippen molar-refractivity contribution in [3.05, 3.63) is 70.6 Å². The van der Waals surface area contributed by atoms with Crippen LogP contribution in [0, 0.1) is 0 Å². The zero-order valence-electron chi connectivity index (χ0n) is 22.7. The summed E-state index contributed by atoms with van der Waals surface area (Å²) < 4.78 is 29.1. The van der Waals surface area contributed by atoms with Crippen LogP contribution < -0.4 is 34.4 Å². The number of fused-ring (bicyclic) bond motifs is 1. The molecule has 0 aliphatic heterocycles. The number of hydrogen-bond acceptors (Lipinski definition) is 8. The first kappa shape index (κ1) is 28.0. The highest BCUT2D eigenvalue weighted by atomic mass is 32.2. The average molecular weight is 553 g/mol. The minimum absolute atomic E-state index is 0.241. The van der Waals surface area contributed by atoms with Crippen LogP contribution in [0.2, 0.25) is 0 Å². The Morgan fingerprint density at radius 3 is 2.28 bits per heavy atom. The molecule has 0 aliphatic rings. The van der Waals surface area contributed by atoms with E-state index in [2.05, 4.69) is 4.98 Å². The van der Waals surface area contributed by atoms with Gasteiger partial charge in [0, 0.05) is 46.6 Å². The van der Waals surface area contributed by atoms with Gasteiger partial charge in [-0.25, -0.2) is 4.98 Å². The summed E-state index contributed by atoms with van der Waals surface area (Å²) in [6.07, 6.45) is 4.14. The van der Waals surface area contributed by atoms with Crippen molar-refractivity contribution >= 4 is 21.9 Å². The molecule has 39 heavy (non-hydrogen) atoms. The lowest BCUT2D eigenvalue weighted by Crippen LogP contribution is -2.30. The fourth-order valence-corrected chi connectivity index (χ4v) is 5.98. The largest absolute Gasteiger partial charge is 0.868 e. The Hall–Kier alpha value is -4.05. The van der Waals surface area contributed by atoms with Gasteiger partial charge in [-0.3, -0.25) is 9.36 Å². The molecule has 0 bridgehead atoms. The minimum atomic E-state index is -0.617. The molecule has 0 fully saturated rings. The summed E-state index contributed by atoms with van der Waals surface area (Å²) >= 11 is 0. The van der Waals surface area contributed by atoms with E-state index in [1.54, 1.807) is 63.5 Å². The zero-order valence-corrected chi connectivity index (χ0v) is 23.5. The molecule has 1 unspecified atom stereocenters. The molecule has 2 aromatic heterocycles. The van der Waals surface area contributed by atoms with Crippen LogP contribution in [0.4, 0.5) is 0 Å². The number of hydrogen-bond donors (Lipinski definition) is 0. The Kier molecular flexibility index (Phi) is 9.08. The number of nitrogens with zero attached hydrogens (tertiary/aromatic N) is 2. The summed E-state index contributed by atoms with van der Waals surface area (Å²) in [5.74, 6) is 3.06. The zero-order chi connectivity index (χ0) is 27.9. The number of pyridine rings is 2.